The molecule has 0 aliphatic carbocycles. The number of nitrogens with zero attached hydrogens (tertiary/aromatic N) is 4. The highest BCUT2D eigenvalue weighted by Gasteiger charge is 2.23. The molecule has 1 aliphatic heterocycles. The van der Waals surface area contributed by atoms with E-state index in [1.165, 1.54) is 22.4 Å². The van der Waals surface area contributed by atoms with E-state index in [2.05, 4.69) is 85.3 Å². The first kappa shape index (κ1) is 25.1. The van der Waals surface area contributed by atoms with Gasteiger partial charge in [-0.15, -0.1) is 24.0 Å². The predicted octanol–water partition coefficient (Wildman–Crippen LogP) is 6.14. The summed E-state index contributed by atoms with van der Waals surface area (Å²) < 4.78 is 8.03. The van der Waals surface area contributed by atoms with Gasteiger partial charge in [0.1, 0.15) is 0 Å². The molecule has 35 heavy (non-hydrogen) atoms. The van der Waals surface area contributed by atoms with Crippen molar-refractivity contribution in [3.63, 3.8) is 0 Å². The summed E-state index contributed by atoms with van der Waals surface area (Å²) >= 11 is 0. The summed E-state index contributed by atoms with van der Waals surface area (Å²) in [5.74, 6) is 0.608. The van der Waals surface area contributed by atoms with Crippen LogP contribution in [-0.4, -0.2) is 30.0 Å². The fourth-order valence-electron chi connectivity index (χ4n) is 4.57. The summed E-state index contributed by atoms with van der Waals surface area (Å²) in [6.45, 7) is 7.52. The molecule has 0 spiro atoms. The lowest BCUT2D eigenvalue weighted by Gasteiger charge is -2.30. The molecule has 2 aromatic heterocycles. The predicted molar refractivity (Wildman–Crippen MR) is 154 cm³/mol. The van der Waals surface area contributed by atoms with E-state index < -0.39 is 0 Å². The molecule has 0 amide bonds. The molecular formula is C29H32IN4O+. The first-order chi connectivity index (χ1) is 16.6. The van der Waals surface area contributed by atoms with Gasteiger partial charge in [0.25, 0.3) is 0 Å². The van der Waals surface area contributed by atoms with E-state index in [4.69, 9.17) is 9.40 Å². The van der Waals surface area contributed by atoms with Crippen LogP contribution < -0.4 is 9.47 Å². The smallest absolute Gasteiger partial charge is 0.370 e. The quantitative estimate of drug-likeness (QED) is 0.203. The van der Waals surface area contributed by atoms with E-state index in [0.717, 1.165) is 42.1 Å². The lowest BCUT2D eigenvalue weighted by atomic mass is 9.94. The van der Waals surface area contributed by atoms with E-state index in [0.29, 0.717) is 5.89 Å². The molecule has 4 aromatic rings. The number of para-hydroxylation sites is 1. The minimum atomic E-state index is 0. The number of aromatic nitrogens is 2. The molecule has 0 N–H and O–H groups in total. The van der Waals surface area contributed by atoms with Gasteiger partial charge in [-0.05, 0) is 54.1 Å². The highest BCUT2D eigenvalue weighted by Crippen LogP contribution is 2.39. The van der Waals surface area contributed by atoms with Crippen molar-refractivity contribution in [3.8, 4) is 0 Å². The largest absolute Gasteiger partial charge is 0.411 e. The number of hydrogen-bond donors (Lipinski definition) is 0. The van der Waals surface area contributed by atoms with Crippen molar-refractivity contribution in [2.45, 2.75) is 20.4 Å². The number of allylic oxidation sites excluding steroid dienone is 2. The van der Waals surface area contributed by atoms with Crippen molar-refractivity contribution in [3.05, 3.63) is 95.5 Å². The SMILES string of the molecule is CCN(CC)Cc1ccc(C2=C/C(=C\c3nc4c(ccc[n+]4C)o3)c3ccccc3N2C)cc1.I. The summed E-state index contributed by atoms with van der Waals surface area (Å²) in [4.78, 5) is 9.41. The van der Waals surface area contributed by atoms with Crippen LogP contribution in [0.3, 0.4) is 0 Å². The standard InChI is InChI=1S/C29H31N4O.HI/c1-5-33(6-2)20-21-13-15-22(16-14-21)26-18-23(24-10-7-8-11-25(24)32(26)4)19-28-30-29-27(34-28)12-9-17-31(29)3;/h7-19H,5-6,20H2,1-4H3;1H/q+1;. The van der Waals surface area contributed by atoms with Gasteiger partial charge in [0.15, 0.2) is 0 Å². The van der Waals surface area contributed by atoms with Gasteiger partial charge in [-0.25, -0.2) is 4.57 Å². The van der Waals surface area contributed by atoms with Crippen molar-refractivity contribution >= 4 is 58.2 Å². The second-order valence-corrected chi connectivity index (χ2v) is 8.72. The Morgan fingerprint density at radius 2 is 1.74 bits per heavy atom. The van der Waals surface area contributed by atoms with Crippen LogP contribution in [0.1, 0.15) is 36.4 Å². The minimum Gasteiger partial charge on any atom is -0.411 e. The number of fused-ring (bicyclic) bond motifs is 2. The molecule has 0 atom stereocenters. The van der Waals surface area contributed by atoms with Crippen LogP contribution in [0.2, 0.25) is 0 Å². The molecule has 5 nitrogen and oxygen atoms in total. The molecular weight excluding hydrogens is 547 g/mol. The van der Waals surface area contributed by atoms with Crippen LogP contribution in [0.5, 0.6) is 0 Å². The Bertz CT molecular complexity index is 1380. The maximum absolute atomic E-state index is 6.05. The Labute approximate surface area is 224 Å². The van der Waals surface area contributed by atoms with Crippen LogP contribution in [0, 0.1) is 0 Å². The highest BCUT2D eigenvalue weighted by atomic mass is 127. The molecule has 0 bridgehead atoms. The maximum Gasteiger partial charge on any atom is 0.370 e. The van der Waals surface area contributed by atoms with Crippen LogP contribution in [0.15, 0.2) is 77.4 Å². The first-order valence-electron chi connectivity index (χ1n) is 11.9. The molecule has 1 aliphatic rings. The number of benzene rings is 2. The number of oxazole rings is 1. The third-order valence-electron chi connectivity index (χ3n) is 6.60. The van der Waals surface area contributed by atoms with Gasteiger partial charge in [-0.3, -0.25) is 4.90 Å². The molecule has 3 heterocycles. The second kappa shape index (κ2) is 10.7. The maximum atomic E-state index is 6.05. The second-order valence-electron chi connectivity index (χ2n) is 8.72. The molecule has 5 rings (SSSR count). The average Bonchev–Trinajstić information content (AvgIpc) is 3.29. The fraction of sp³-hybridized carbons (Fsp3) is 0.241. The zero-order valence-electron chi connectivity index (χ0n) is 20.7. The van der Waals surface area contributed by atoms with Crippen molar-refractivity contribution in [1.82, 2.24) is 9.88 Å². The Hall–Kier alpha value is -2.97. The van der Waals surface area contributed by atoms with Crippen LogP contribution in [0.4, 0.5) is 5.69 Å². The molecule has 0 saturated carbocycles. The summed E-state index contributed by atoms with van der Waals surface area (Å²) in [6.07, 6.45) is 6.26. The minimum absolute atomic E-state index is 0. The molecule has 0 fully saturated rings. The molecule has 0 unspecified atom stereocenters. The normalized spacial score (nSPS) is 14.3. The summed E-state index contributed by atoms with van der Waals surface area (Å²) in [7, 11) is 4.11. The number of aryl methyl sites for hydroxylation is 1. The summed E-state index contributed by atoms with van der Waals surface area (Å²) in [5, 5.41) is 0. The number of anilines is 1. The van der Waals surface area contributed by atoms with Crippen molar-refractivity contribution in [2.24, 2.45) is 7.05 Å². The van der Waals surface area contributed by atoms with Crippen molar-refractivity contribution in [1.29, 1.82) is 0 Å². The highest BCUT2D eigenvalue weighted by molar-refractivity contribution is 14.0. The van der Waals surface area contributed by atoms with Gasteiger partial charge in [0.05, 0.1) is 13.2 Å². The Balaban J connectivity index is 0.00000289. The molecule has 6 heteroatoms. The Morgan fingerprint density at radius 1 is 1.00 bits per heavy atom. The summed E-state index contributed by atoms with van der Waals surface area (Å²) in [5.41, 5.74) is 8.72. The molecule has 0 saturated heterocycles. The fourth-order valence-corrected chi connectivity index (χ4v) is 4.57. The van der Waals surface area contributed by atoms with E-state index in [1.807, 2.05) is 36.0 Å². The summed E-state index contributed by atoms with van der Waals surface area (Å²) in [6, 6.07) is 21.3. The Kier molecular flexibility index (Phi) is 7.72. The lowest BCUT2D eigenvalue weighted by Crippen LogP contribution is -2.28. The van der Waals surface area contributed by atoms with Gasteiger partial charge in [0, 0.05) is 41.6 Å². The number of rotatable bonds is 6. The average molecular weight is 580 g/mol. The number of halogens is 1. The van der Waals surface area contributed by atoms with Crippen molar-refractivity contribution < 1.29 is 8.98 Å². The molecule has 0 radical (unpaired) electrons. The number of pyridine rings is 1. The molecule has 180 valence electrons. The first-order valence-corrected chi connectivity index (χ1v) is 11.9. The van der Waals surface area contributed by atoms with Crippen molar-refractivity contribution in [2.75, 3.05) is 25.0 Å². The van der Waals surface area contributed by atoms with Gasteiger partial charge in [-0.2, -0.15) is 0 Å². The van der Waals surface area contributed by atoms with Gasteiger partial charge in [-0.1, -0.05) is 56.3 Å². The lowest BCUT2D eigenvalue weighted by molar-refractivity contribution is -0.646. The van der Waals surface area contributed by atoms with E-state index >= 15 is 0 Å². The number of hydrogen-bond acceptors (Lipinski definition) is 4. The van der Waals surface area contributed by atoms with Crippen LogP contribution in [-0.2, 0) is 13.6 Å². The van der Waals surface area contributed by atoms with E-state index in [9.17, 15) is 0 Å². The van der Waals surface area contributed by atoms with Crippen LogP contribution in [0.25, 0.3) is 28.6 Å². The topological polar surface area (TPSA) is 36.4 Å². The zero-order valence-corrected chi connectivity index (χ0v) is 23.1. The molecule has 2 aromatic carbocycles. The van der Waals surface area contributed by atoms with Gasteiger partial charge in [0.2, 0.25) is 5.58 Å². The van der Waals surface area contributed by atoms with Gasteiger partial charge < -0.3 is 9.32 Å². The van der Waals surface area contributed by atoms with Crippen LogP contribution >= 0.6 is 24.0 Å². The third-order valence-corrected chi connectivity index (χ3v) is 6.60. The van der Waals surface area contributed by atoms with Gasteiger partial charge >= 0.3 is 11.5 Å². The monoisotopic (exact) mass is 579 g/mol. The Morgan fingerprint density at radius 3 is 2.46 bits per heavy atom. The van der Waals surface area contributed by atoms with E-state index in [-0.39, 0.29) is 24.0 Å². The zero-order chi connectivity index (χ0) is 23.7. The van der Waals surface area contributed by atoms with E-state index in [1.54, 1.807) is 0 Å². The third kappa shape index (κ3) is 5.04.